The molecular weight excluding hydrogens is 214 g/mol. The Balaban J connectivity index is 1.94. The maximum absolute atomic E-state index is 4.22. The Morgan fingerprint density at radius 2 is 1.93 bits per heavy atom. The molecule has 2 heterocycles. The van der Waals surface area contributed by atoms with Gasteiger partial charge in [-0.3, -0.25) is 0 Å². The maximum atomic E-state index is 4.22. The van der Waals surface area contributed by atoms with E-state index in [-0.39, 0.29) is 0 Å². The Labute approximate surface area is 90.9 Å². The quantitative estimate of drug-likeness (QED) is 0.805. The van der Waals surface area contributed by atoms with Crippen molar-refractivity contribution >= 4 is 22.7 Å². The lowest BCUT2D eigenvalue weighted by molar-refractivity contribution is 0.906. The molecule has 74 valence electrons. The van der Waals surface area contributed by atoms with Crippen molar-refractivity contribution in [1.82, 2.24) is 15.2 Å². The Morgan fingerprint density at radius 3 is 2.50 bits per heavy atom. The van der Waals surface area contributed by atoms with Crippen molar-refractivity contribution in [3.05, 3.63) is 26.1 Å². The third kappa shape index (κ3) is 2.36. The largest absolute Gasteiger partial charge is 0.250 e. The first-order chi connectivity index (χ1) is 6.74. The van der Waals surface area contributed by atoms with Crippen molar-refractivity contribution in [3.63, 3.8) is 0 Å². The SMILES string of the molecule is Cc1ncc(CCc2nnc(C)s2)s1. The van der Waals surface area contributed by atoms with Crippen molar-refractivity contribution in [2.75, 3.05) is 0 Å². The van der Waals surface area contributed by atoms with Gasteiger partial charge in [0.05, 0.1) is 5.01 Å². The third-order valence-electron chi connectivity index (χ3n) is 1.82. The van der Waals surface area contributed by atoms with Crippen LogP contribution in [-0.2, 0) is 12.8 Å². The van der Waals surface area contributed by atoms with Crippen LogP contribution in [0.4, 0.5) is 0 Å². The molecule has 0 bridgehead atoms. The van der Waals surface area contributed by atoms with Crippen LogP contribution >= 0.6 is 22.7 Å². The highest BCUT2D eigenvalue weighted by Gasteiger charge is 2.03. The van der Waals surface area contributed by atoms with Gasteiger partial charge in [-0.05, 0) is 20.3 Å². The van der Waals surface area contributed by atoms with Gasteiger partial charge in [-0.25, -0.2) is 4.98 Å². The van der Waals surface area contributed by atoms with Crippen LogP contribution in [0, 0.1) is 13.8 Å². The van der Waals surface area contributed by atoms with E-state index in [1.54, 1.807) is 22.7 Å². The molecule has 3 nitrogen and oxygen atoms in total. The lowest BCUT2D eigenvalue weighted by Crippen LogP contribution is -1.87. The minimum Gasteiger partial charge on any atom is -0.250 e. The van der Waals surface area contributed by atoms with Crippen LogP contribution in [0.2, 0.25) is 0 Å². The number of thiazole rings is 1. The van der Waals surface area contributed by atoms with E-state index in [1.165, 1.54) is 4.88 Å². The average molecular weight is 225 g/mol. The van der Waals surface area contributed by atoms with Gasteiger partial charge in [0.15, 0.2) is 0 Å². The van der Waals surface area contributed by atoms with Crippen molar-refractivity contribution in [3.8, 4) is 0 Å². The molecule has 0 saturated carbocycles. The second-order valence-corrected chi connectivity index (χ2v) is 5.65. The fourth-order valence-corrected chi connectivity index (χ4v) is 2.69. The Kier molecular flexibility index (Phi) is 2.88. The minimum absolute atomic E-state index is 0.979. The minimum atomic E-state index is 0.979. The average Bonchev–Trinajstić information content (AvgIpc) is 2.72. The zero-order valence-electron chi connectivity index (χ0n) is 8.15. The molecule has 0 fully saturated rings. The first kappa shape index (κ1) is 9.73. The monoisotopic (exact) mass is 225 g/mol. The molecule has 0 atom stereocenters. The summed E-state index contributed by atoms with van der Waals surface area (Å²) in [5.41, 5.74) is 0. The molecule has 0 aliphatic heterocycles. The lowest BCUT2D eigenvalue weighted by Gasteiger charge is -1.90. The number of hydrogen-bond donors (Lipinski definition) is 0. The van der Waals surface area contributed by atoms with E-state index in [2.05, 4.69) is 15.2 Å². The predicted octanol–water partition coefficient (Wildman–Crippen LogP) is 2.40. The Bertz CT molecular complexity index is 379. The predicted molar refractivity (Wildman–Crippen MR) is 58.9 cm³/mol. The lowest BCUT2D eigenvalue weighted by atomic mass is 10.3. The summed E-state index contributed by atoms with van der Waals surface area (Å²) in [6, 6.07) is 0. The molecule has 2 rings (SSSR count). The number of aromatic nitrogens is 3. The summed E-state index contributed by atoms with van der Waals surface area (Å²) in [7, 11) is 0. The van der Waals surface area contributed by atoms with E-state index >= 15 is 0 Å². The molecule has 0 aromatic carbocycles. The molecule has 0 radical (unpaired) electrons. The fraction of sp³-hybridized carbons (Fsp3) is 0.444. The molecule has 0 aliphatic rings. The summed E-state index contributed by atoms with van der Waals surface area (Å²) in [6.07, 6.45) is 3.96. The number of aryl methyl sites for hydroxylation is 4. The molecule has 0 N–H and O–H groups in total. The van der Waals surface area contributed by atoms with Crippen LogP contribution in [-0.4, -0.2) is 15.2 Å². The van der Waals surface area contributed by atoms with Crippen LogP contribution in [0.1, 0.15) is 19.9 Å². The third-order valence-corrected chi connectivity index (χ3v) is 3.69. The molecule has 0 spiro atoms. The van der Waals surface area contributed by atoms with E-state index in [0.29, 0.717) is 0 Å². The van der Waals surface area contributed by atoms with E-state index in [0.717, 1.165) is 27.9 Å². The maximum Gasteiger partial charge on any atom is 0.117 e. The van der Waals surface area contributed by atoms with Crippen molar-refractivity contribution in [1.29, 1.82) is 0 Å². The zero-order chi connectivity index (χ0) is 9.97. The van der Waals surface area contributed by atoms with Crippen LogP contribution < -0.4 is 0 Å². The van der Waals surface area contributed by atoms with Gasteiger partial charge in [-0.15, -0.1) is 32.9 Å². The van der Waals surface area contributed by atoms with E-state index in [4.69, 9.17) is 0 Å². The second kappa shape index (κ2) is 4.14. The van der Waals surface area contributed by atoms with Crippen LogP contribution in [0.25, 0.3) is 0 Å². The summed E-state index contributed by atoms with van der Waals surface area (Å²) >= 11 is 3.43. The smallest absolute Gasteiger partial charge is 0.117 e. The van der Waals surface area contributed by atoms with Crippen molar-refractivity contribution < 1.29 is 0 Å². The van der Waals surface area contributed by atoms with Gasteiger partial charge in [0.25, 0.3) is 0 Å². The second-order valence-electron chi connectivity index (χ2n) is 3.06. The molecule has 2 aromatic rings. The van der Waals surface area contributed by atoms with Gasteiger partial charge in [0, 0.05) is 17.5 Å². The summed E-state index contributed by atoms with van der Waals surface area (Å²) < 4.78 is 0. The highest BCUT2D eigenvalue weighted by Crippen LogP contribution is 2.16. The van der Waals surface area contributed by atoms with Gasteiger partial charge < -0.3 is 0 Å². The summed E-state index contributed by atoms with van der Waals surface area (Å²) in [5, 5.41) is 11.4. The molecule has 14 heavy (non-hydrogen) atoms. The standard InChI is InChI=1S/C9H11N3S2/c1-6-10-5-8(13-6)3-4-9-12-11-7(2)14-9/h5H,3-4H2,1-2H3. The van der Waals surface area contributed by atoms with E-state index < -0.39 is 0 Å². The van der Waals surface area contributed by atoms with Gasteiger partial charge in [0.2, 0.25) is 0 Å². The molecule has 0 amide bonds. The highest BCUT2D eigenvalue weighted by atomic mass is 32.1. The summed E-state index contributed by atoms with van der Waals surface area (Å²) in [4.78, 5) is 5.55. The highest BCUT2D eigenvalue weighted by molar-refractivity contribution is 7.11. The van der Waals surface area contributed by atoms with E-state index in [9.17, 15) is 0 Å². The number of hydrogen-bond acceptors (Lipinski definition) is 5. The number of rotatable bonds is 3. The zero-order valence-corrected chi connectivity index (χ0v) is 9.78. The van der Waals surface area contributed by atoms with E-state index in [1.807, 2.05) is 20.0 Å². The molecule has 0 aliphatic carbocycles. The topological polar surface area (TPSA) is 38.7 Å². The van der Waals surface area contributed by atoms with Gasteiger partial charge in [-0.1, -0.05) is 0 Å². The fourth-order valence-electron chi connectivity index (χ4n) is 1.19. The Morgan fingerprint density at radius 1 is 1.07 bits per heavy atom. The summed E-state index contributed by atoms with van der Waals surface area (Å²) in [6.45, 7) is 4.02. The van der Waals surface area contributed by atoms with Gasteiger partial charge >= 0.3 is 0 Å². The molecular formula is C9H11N3S2. The van der Waals surface area contributed by atoms with Crippen LogP contribution in [0.3, 0.4) is 0 Å². The molecule has 0 saturated heterocycles. The van der Waals surface area contributed by atoms with Crippen LogP contribution in [0.5, 0.6) is 0 Å². The normalized spacial score (nSPS) is 10.7. The van der Waals surface area contributed by atoms with Crippen molar-refractivity contribution in [2.45, 2.75) is 26.7 Å². The molecule has 2 aromatic heterocycles. The van der Waals surface area contributed by atoms with Gasteiger partial charge in [-0.2, -0.15) is 0 Å². The first-order valence-corrected chi connectivity index (χ1v) is 6.07. The first-order valence-electron chi connectivity index (χ1n) is 4.44. The molecule has 5 heteroatoms. The van der Waals surface area contributed by atoms with Crippen LogP contribution in [0.15, 0.2) is 6.20 Å². The Hall–Kier alpha value is -0.810. The number of nitrogens with zero attached hydrogens (tertiary/aromatic N) is 3. The van der Waals surface area contributed by atoms with Gasteiger partial charge in [0.1, 0.15) is 10.0 Å². The molecule has 0 unspecified atom stereocenters. The summed E-state index contributed by atoms with van der Waals surface area (Å²) in [5.74, 6) is 0. The van der Waals surface area contributed by atoms with Crippen molar-refractivity contribution in [2.24, 2.45) is 0 Å².